The molecule has 5 nitrogen and oxygen atoms in total. The van der Waals surface area contributed by atoms with Crippen LogP contribution in [0.15, 0.2) is 24.4 Å². The van der Waals surface area contributed by atoms with Crippen molar-refractivity contribution in [1.29, 1.82) is 5.41 Å². The van der Waals surface area contributed by atoms with Gasteiger partial charge in [0.05, 0.1) is 5.69 Å². The molecule has 0 aliphatic heterocycles. The first kappa shape index (κ1) is 12.5. The van der Waals surface area contributed by atoms with Crippen LogP contribution in [0.5, 0.6) is 0 Å². The Labute approximate surface area is 98.3 Å². The zero-order chi connectivity index (χ0) is 11.8. The quantitative estimate of drug-likeness (QED) is 0.411. The number of nitrogens with one attached hydrogen (secondary N) is 2. The second kappa shape index (κ2) is 6.84. The summed E-state index contributed by atoms with van der Waals surface area (Å²) in [5.41, 5.74) is 5.90. The van der Waals surface area contributed by atoms with E-state index in [2.05, 4.69) is 10.3 Å². The van der Waals surface area contributed by atoms with E-state index in [1.54, 1.807) is 18.0 Å². The lowest BCUT2D eigenvalue weighted by Gasteiger charge is -2.03. The Kier molecular flexibility index (Phi) is 5.35. The van der Waals surface area contributed by atoms with Crippen molar-refractivity contribution in [3.8, 4) is 0 Å². The first-order chi connectivity index (χ1) is 7.68. The van der Waals surface area contributed by atoms with Gasteiger partial charge in [-0.05, 0) is 12.1 Å². The first-order valence-corrected chi connectivity index (χ1v) is 5.95. The van der Waals surface area contributed by atoms with E-state index < -0.39 is 6.03 Å². The molecule has 0 aromatic carbocycles. The normalized spacial score (nSPS) is 9.75. The van der Waals surface area contributed by atoms with Crippen molar-refractivity contribution < 1.29 is 4.79 Å². The van der Waals surface area contributed by atoms with Gasteiger partial charge in [0.1, 0.15) is 5.84 Å². The van der Waals surface area contributed by atoms with Gasteiger partial charge in [-0.15, -0.1) is 0 Å². The average Bonchev–Trinajstić information content (AvgIpc) is 2.25. The van der Waals surface area contributed by atoms with E-state index in [9.17, 15) is 4.79 Å². The van der Waals surface area contributed by atoms with Gasteiger partial charge in [-0.1, -0.05) is 6.07 Å². The van der Waals surface area contributed by atoms with Gasteiger partial charge in [0, 0.05) is 24.1 Å². The van der Waals surface area contributed by atoms with E-state index in [4.69, 9.17) is 11.1 Å². The number of amidine groups is 1. The van der Waals surface area contributed by atoms with Gasteiger partial charge in [-0.2, -0.15) is 11.8 Å². The lowest BCUT2D eigenvalue weighted by Crippen LogP contribution is -2.34. The van der Waals surface area contributed by atoms with Crippen LogP contribution < -0.4 is 11.1 Å². The molecule has 0 saturated carbocycles. The number of amides is 2. The fourth-order valence-corrected chi connectivity index (χ4v) is 1.92. The van der Waals surface area contributed by atoms with E-state index in [-0.39, 0.29) is 5.84 Å². The fourth-order valence-electron chi connectivity index (χ4n) is 1.05. The molecular formula is C10H14N4OS. The number of hydrogen-bond acceptors (Lipinski definition) is 4. The van der Waals surface area contributed by atoms with Crippen molar-refractivity contribution in [3.05, 3.63) is 30.1 Å². The Hall–Kier alpha value is -1.56. The van der Waals surface area contributed by atoms with E-state index in [1.807, 2.05) is 18.2 Å². The van der Waals surface area contributed by atoms with Crippen molar-refractivity contribution in [3.63, 3.8) is 0 Å². The highest BCUT2D eigenvalue weighted by molar-refractivity contribution is 7.98. The monoisotopic (exact) mass is 238 g/mol. The van der Waals surface area contributed by atoms with Crippen LogP contribution in [-0.4, -0.2) is 22.6 Å². The minimum Gasteiger partial charge on any atom is -0.351 e. The summed E-state index contributed by atoms with van der Waals surface area (Å²) >= 11 is 1.67. The molecular weight excluding hydrogens is 224 g/mol. The number of nitrogens with zero attached hydrogens (tertiary/aromatic N) is 1. The van der Waals surface area contributed by atoms with Crippen molar-refractivity contribution in [1.82, 2.24) is 10.3 Å². The number of urea groups is 1. The minimum atomic E-state index is -0.681. The van der Waals surface area contributed by atoms with Gasteiger partial charge in [0.25, 0.3) is 0 Å². The maximum absolute atomic E-state index is 10.4. The van der Waals surface area contributed by atoms with Crippen LogP contribution in [-0.2, 0) is 5.75 Å². The van der Waals surface area contributed by atoms with Crippen molar-refractivity contribution in [2.45, 2.75) is 12.2 Å². The summed E-state index contributed by atoms with van der Waals surface area (Å²) in [6.45, 7) is 0. The number of hydrogen-bond donors (Lipinski definition) is 3. The van der Waals surface area contributed by atoms with Gasteiger partial charge in [0.15, 0.2) is 0 Å². The molecule has 0 saturated heterocycles. The molecule has 0 bridgehead atoms. The molecule has 1 aromatic heterocycles. The van der Waals surface area contributed by atoms with Crippen LogP contribution in [0, 0.1) is 5.41 Å². The molecule has 0 spiro atoms. The molecule has 86 valence electrons. The second-order valence-electron chi connectivity index (χ2n) is 3.09. The van der Waals surface area contributed by atoms with Crippen LogP contribution >= 0.6 is 11.8 Å². The lowest BCUT2D eigenvalue weighted by molar-refractivity contribution is 0.253. The highest BCUT2D eigenvalue weighted by Crippen LogP contribution is 2.10. The summed E-state index contributed by atoms with van der Waals surface area (Å²) in [5, 5.41) is 9.60. The molecule has 1 aromatic rings. The molecule has 1 rings (SSSR count). The van der Waals surface area contributed by atoms with Gasteiger partial charge in [-0.25, -0.2) is 4.79 Å². The Morgan fingerprint density at radius 1 is 1.56 bits per heavy atom. The molecule has 0 aliphatic rings. The first-order valence-electron chi connectivity index (χ1n) is 4.80. The summed E-state index contributed by atoms with van der Waals surface area (Å²) in [5.74, 6) is 1.72. The molecule has 4 N–H and O–H groups in total. The third kappa shape index (κ3) is 5.35. The summed E-state index contributed by atoms with van der Waals surface area (Å²) in [4.78, 5) is 14.6. The number of aromatic nitrogens is 1. The van der Waals surface area contributed by atoms with Gasteiger partial charge >= 0.3 is 6.03 Å². The van der Waals surface area contributed by atoms with Gasteiger partial charge in [-0.3, -0.25) is 15.7 Å². The number of carbonyl (C=O) groups is 1. The third-order valence-electron chi connectivity index (χ3n) is 1.75. The van der Waals surface area contributed by atoms with Crippen LogP contribution in [0.3, 0.4) is 0 Å². The zero-order valence-corrected chi connectivity index (χ0v) is 9.59. The number of carbonyl (C=O) groups excluding carboxylic acids is 1. The van der Waals surface area contributed by atoms with E-state index >= 15 is 0 Å². The largest absolute Gasteiger partial charge is 0.351 e. The smallest absolute Gasteiger partial charge is 0.317 e. The summed E-state index contributed by atoms with van der Waals surface area (Å²) in [6, 6.07) is 5.10. The molecule has 1 heterocycles. The summed E-state index contributed by atoms with van der Waals surface area (Å²) in [7, 11) is 0. The number of primary amides is 1. The summed E-state index contributed by atoms with van der Waals surface area (Å²) < 4.78 is 0. The average molecular weight is 238 g/mol. The van der Waals surface area contributed by atoms with Crippen molar-refractivity contribution in [2.75, 3.05) is 5.75 Å². The second-order valence-corrected chi connectivity index (χ2v) is 4.20. The SMILES string of the molecule is N=C(CCSCc1ccccn1)NC(N)=O. The zero-order valence-electron chi connectivity index (χ0n) is 8.77. The Morgan fingerprint density at radius 2 is 2.38 bits per heavy atom. The fraction of sp³-hybridized carbons (Fsp3) is 0.300. The number of nitrogens with two attached hydrogens (primary N) is 1. The highest BCUT2D eigenvalue weighted by Gasteiger charge is 2.00. The molecule has 0 atom stereocenters. The van der Waals surface area contributed by atoms with Crippen LogP contribution in [0.2, 0.25) is 0 Å². The van der Waals surface area contributed by atoms with Crippen LogP contribution in [0.4, 0.5) is 4.79 Å². The number of thioether (sulfide) groups is 1. The van der Waals surface area contributed by atoms with Crippen LogP contribution in [0.1, 0.15) is 12.1 Å². The van der Waals surface area contributed by atoms with Crippen molar-refractivity contribution in [2.24, 2.45) is 5.73 Å². The predicted molar refractivity (Wildman–Crippen MR) is 65.5 cm³/mol. The van der Waals surface area contributed by atoms with E-state index in [0.717, 1.165) is 17.2 Å². The minimum absolute atomic E-state index is 0.154. The standard InChI is InChI=1S/C10H14N4OS/c11-9(14-10(12)15)4-6-16-7-8-3-1-2-5-13-8/h1-3,5H,4,6-7H2,(H4,11,12,14,15). The Morgan fingerprint density at radius 3 is 3.00 bits per heavy atom. The maximum Gasteiger partial charge on any atom is 0.317 e. The molecule has 0 unspecified atom stereocenters. The number of pyridine rings is 1. The van der Waals surface area contributed by atoms with E-state index in [0.29, 0.717) is 6.42 Å². The highest BCUT2D eigenvalue weighted by atomic mass is 32.2. The molecule has 6 heteroatoms. The van der Waals surface area contributed by atoms with Crippen molar-refractivity contribution >= 4 is 23.6 Å². The molecule has 2 amide bonds. The predicted octanol–water partition coefficient (Wildman–Crippen LogP) is 1.35. The topological polar surface area (TPSA) is 91.9 Å². The maximum atomic E-state index is 10.4. The van der Waals surface area contributed by atoms with Gasteiger partial charge < -0.3 is 5.73 Å². The molecule has 0 radical (unpaired) electrons. The number of rotatable bonds is 5. The summed E-state index contributed by atoms with van der Waals surface area (Å²) in [6.07, 6.45) is 2.26. The van der Waals surface area contributed by atoms with E-state index in [1.165, 1.54) is 0 Å². The van der Waals surface area contributed by atoms with Gasteiger partial charge in [0.2, 0.25) is 0 Å². The van der Waals surface area contributed by atoms with Crippen LogP contribution in [0.25, 0.3) is 0 Å². The Bertz CT molecular complexity index is 355. The lowest BCUT2D eigenvalue weighted by atomic mass is 10.4. The molecule has 16 heavy (non-hydrogen) atoms. The molecule has 0 aliphatic carbocycles. The Balaban J connectivity index is 2.13. The molecule has 0 fully saturated rings. The third-order valence-corrected chi connectivity index (χ3v) is 2.74.